The summed E-state index contributed by atoms with van der Waals surface area (Å²) < 4.78 is 0. The van der Waals surface area contributed by atoms with Gasteiger partial charge in [-0.25, -0.2) is 0 Å². The number of fused-ring (bicyclic) bond motifs is 1. The van der Waals surface area contributed by atoms with Gasteiger partial charge in [0.2, 0.25) is 0 Å². The van der Waals surface area contributed by atoms with E-state index in [1.54, 1.807) is 0 Å². The van der Waals surface area contributed by atoms with Crippen LogP contribution in [0.4, 0.5) is 11.4 Å². The Hall–Kier alpha value is -2.47. The van der Waals surface area contributed by atoms with Crippen molar-refractivity contribution in [3.8, 4) is 6.07 Å². The normalized spacial score (nSPS) is 13.2. The molecule has 0 aliphatic carbocycles. The van der Waals surface area contributed by atoms with E-state index in [0.29, 0.717) is 5.56 Å². The Balaban J connectivity index is 1.75. The fourth-order valence-electron chi connectivity index (χ4n) is 2.61. The zero-order chi connectivity index (χ0) is 13.8. The Morgan fingerprint density at radius 1 is 1.15 bits per heavy atom. The third-order valence-electron chi connectivity index (χ3n) is 3.68. The van der Waals surface area contributed by atoms with Crippen LogP contribution in [0.1, 0.15) is 11.1 Å². The number of nitriles is 1. The minimum atomic E-state index is 0.709. The second kappa shape index (κ2) is 5.66. The van der Waals surface area contributed by atoms with Crippen molar-refractivity contribution in [3.05, 3.63) is 59.7 Å². The van der Waals surface area contributed by atoms with Gasteiger partial charge in [0.05, 0.1) is 23.0 Å². The van der Waals surface area contributed by atoms with E-state index in [2.05, 4.69) is 40.6 Å². The summed E-state index contributed by atoms with van der Waals surface area (Å²) in [6.45, 7) is 2.94. The molecule has 0 fully saturated rings. The molecular weight excluding hydrogens is 246 g/mol. The molecule has 0 radical (unpaired) electrons. The first-order chi connectivity index (χ1) is 9.86. The number of nitrogens with zero attached hydrogens (tertiary/aromatic N) is 2. The summed E-state index contributed by atoms with van der Waals surface area (Å²) in [5.41, 5.74) is 4.34. The third-order valence-corrected chi connectivity index (χ3v) is 3.68. The lowest BCUT2D eigenvalue weighted by atomic mass is 10.1. The van der Waals surface area contributed by atoms with Gasteiger partial charge in [-0.05, 0) is 30.2 Å². The molecule has 0 unspecified atom stereocenters. The van der Waals surface area contributed by atoms with Crippen molar-refractivity contribution in [3.63, 3.8) is 0 Å². The number of benzene rings is 2. The van der Waals surface area contributed by atoms with Gasteiger partial charge in [0.1, 0.15) is 0 Å². The molecule has 1 aliphatic rings. The van der Waals surface area contributed by atoms with Crippen molar-refractivity contribution in [1.82, 2.24) is 0 Å². The molecule has 0 spiro atoms. The first-order valence-corrected chi connectivity index (χ1v) is 6.94. The van der Waals surface area contributed by atoms with Gasteiger partial charge in [0.25, 0.3) is 0 Å². The van der Waals surface area contributed by atoms with Crippen LogP contribution in [0, 0.1) is 11.3 Å². The van der Waals surface area contributed by atoms with Crippen LogP contribution in [0.25, 0.3) is 0 Å². The van der Waals surface area contributed by atoms with Gasteiger partial charge in [-0.2, -0.15) is 5.26 Å². The molecule has 2 aromatic rings. The molecule has 3 rings (SSSR count). The minimum absolute atomic E-state index is 0.709. The molecule has 1 aliphatic heterocycles. The van der Waals surface area contributed by atoms with Gasteiger partial charge in [-0.1, -0.05) is 30.3 Å². The minimum Gasteiger partial charge on any atom is -0.382 e. The molecule has 1 N–H and O–H groups in total. The van der Waals surface area contributed by atoms with Crippen LogP contribution < -0.4 is 10.2 Å². The summed E-state index contributed by atoms with van der Waals surface area (Å²) in [5, 5.41) is 12.3. The van der Waals surface area contributed by atoms with E-state index in [0.717, 1.165) is 31.7 Å². The first kappa shape index (κ1) is 12.6. The first-order valence-electron chi connectivity index (χ1n) is 6.94. The van der Waals surface area contributed by atoms with Gasteiger partial charge in [-0.3, -0.25) is 0 Å². The van der Waals surface area contributed by atoms with E-state index in [4.69, 9.17) is 5.26 Å². The van der Waals surface area contributed by atoms with Crippen LogP contribution in [0.15, 0.2) is 48.5 Å². The van der Waals surface area contributed by atoms with E-state index in [1.165, 1.54) is 11.3 Å². The molecule has 2 aromatic carbocycles. The maximum absolute atomic E-state index is 8.97. The number of rotatable bonds is 3. The molecule has 0 amide bonds. The predicted octanol–water partition coefficient (Wildman–Crippen LogP) is 3.03. The Bertz CT molecular complexity index is 628. The molecule has 0 aromatic heterocycles. The second-order valence-corrected chi connectivity index (χ2v) is 4.99. The molecule has 1 heterocycles. The molecule has 0 atom stereocenters. The Morgan fingerprint density at radius 2 is 2.00 bits per heavy atom. The van der Waals surface area contributed by atoms with Gasteiger partial charge in [0.15, 0.2) is 0 Å². The SMILES string of the molecule is N#Cc1ccc2c(c1)NCCN2CCc1ccccc1. The molecule has 3 heteroatoms. The predicted molar refractivity (Wildman–Crippen MR) is 82.0 cm³/mol. The van der Waals surface area contributed by atoms with Crippen LogP contribution in [-0.4, -0.2) is 19.6 Å². The topological polar surface area (TPSA) is 39.1 Å². The van der Waals surface area contributed by atoms with Gasteiger partial charge >= 0.3 is 0 Å². The van der Waals surface area contributed by atoms with Crippen molar-refractivity contribution in [1.29, 1.82) is 5.26 Å². The monoisotopic (exact) mass is 263 g/mol. The molecule has 0 bridgehead atoms. The summed E-state index contributed by atoms with van der Waals surface area (Å²) in [5.74, 6) is 0. The fourth-order valence-corrected chi connectivity index (χ4v) is 2.61. The Kier molecular flexibility index (Phi) is 3.56. The van der Waals surface area contributed by atoms with E-state index in [9.17, 15) is 0 Å². The number of anilines is 2. The third kappa shape index (κ3) is 2.60. The standard InChI is InChI=1S/C17H17N3/c18-13-15-6-7-17-16(12-15)19-9-11-20(17)10-8-14-4-2-1-3-5-14/h1-7,12,19H,8-11H2. The van der Waals surface area contributed by atoms with Gasteiger partial charge < -0.3 is 10.2 Å². The van der Waals surface area contributed by atoms with Crippen molar-refractivity contribution < 1.29 is 0 Å². The van der Waals surface area contributed by atoms with Crippen LogP contribution >= 0.6 is 0 Å². The van der Waals surface area contributed by atoms with E-state index in [1.807, 2.05) is 24.3 Å². The van der Waals surface area contributed by atoms with Crippen molar-refractivity contribution >= 4 is 11.4 Å². The highest BCUT2D eigenvalue weighted by Crippen LogP contribution is 2.29. The lowest BCUT2D eigenvalue weighted by molar-refractivity contribution is 0.773. The quantitative estimate of drug-likeness (QED) is 0.925. The smallest absolute Gasteiger partial charge is 0.0992 e. The number of hydrogen-bond donors (Lipinski definition) is 1. The van der Waals surface area contributed by atoms with Crippen molar-refractivity contribution in [2.75, 3.05) is 29.9 Å². The van der Waals surface area contributed by atoms with Crippen molar-refractivity contribution in [2.24, 2.45) is 0 Å². The number of hydrogen-bond acceptors (Lipinski definition) is 3. The zero-order valence-corrected chi connectivity index (χ0v) is 11.3. The van der Waals surface area contributed by atoms with Crippen molar-refractivity contribution in [2.45, 2.75) is 6.42 Å². The second-order valence-electron chi connectivity index (χ2n) is 4.99. The summed E-state index contributed by atoms with van der Waals surface area (Å²) in [6.07, 6.45) is 1.04. The average molecular weight is 263 g/mol. The highest BCUT2D eigenvalue weighted by Gasteiger charge is 2.16. The van der Waals surface area contributed by atoms with Crippen LogP contribution in [-0.2, 0) is 6.42 Å². The number of nitrogens with one attached hydrogen (secondary N) is 1. The largest absolute Gasteiger partial charge is 0.382 e. The highest BCUT2D eigenvalue weighted by molar-refractivity contribution is 5.73. The average Bonchev–Trinajstić information content (AvgIpc) is 2.53. The van der Waals surface area contributed by atoms with E-state index >= 15 is 0 Å². The molecule has 20 heavy (non-hydrogen) atoms. The lowest BCUT2D eigenvalue weighted by Gasteiger charge is -2.32. The summed E-state index contributed by atoms with van der Waals surface area (Å²) in [4.78, 5) is 2.39. The molecular formula is C17H17N3. The molecule has 0 saturated heterocycles. The van der Waals surface area contributed by atoms with E-state index in [-0.39, 0.29) is 0 Å². The maximum Gasteiger partial charge on any atom is 0.0992 e. The molecule has 3 nitrogen and oxygen atoms in total. The molecule has 100 valence electrons. The van der Waals surface area contributed by atoms with Gasteiger partial charge in [0, 0.05) is 19.6 Å². The molecule has 0 saturated carbocycles. The summed E-state index contributed by atoms with van der Waals surface area (Å²) in [6, 6.07) is 18.6. The van der Waals surface area contributed by atoms with E-state index < -0.39 is 0 Å². The fraction of sp³-hybridized carbons (Fsp3) is 0.235. The Labute approximate surface area is 119 Å². The summed E-state index contributed by atoms with van der Waals surface area (Å²) in [7, 11) is 0. The highest BCUT2D eigenvalue weighted by atomic mass is 15.2. The van der Waals surface area contributed by atoms with Crippen LogP contribution in [0.2, 0.25) is 0 Å². The zero-order valence-electron chi connectivity index (χ0n) is 11.3. The maximum atomic E-state index is 8.97. The van der Waals surface area contributed by atoms with Crippen LogP contribution in [0.3, 0.4) is 0 Å². The summed E-state index contributed by atoms with van der Waals surface area (Å²) >= 11 is 0. The lowest BCUT2D eigenvalue weighted by Crippen LogP contribution is -2.35. The van der Waals surface area contributed by atoms with Gasteiger partial charge in [-0.15, -0.1) is 0 Å². The Morgan fingerprint density at radius 3 is 2.80 bits per heavy atom. The van der Waals surface area contributed by atoms with Crippen LogP contribution in [0.5, 0.6) is 0 Å².